The van der Waals surface area contributed by atoms with E-state index in [0.29, 0.717) is 23.6 Å². The quantitative estimate of drug-likeness (QED) is 0.759. The molecule has 3 rings (SSSR count). The van der Waals surface area contributed by atoms with Crippen molar-refractivity contribution in [3.8, 4) is 11.5 Å². The Kier molecular flexibility index (Phi) is 4.14. The Balaban J connectivity index is 1.86. The van der Waals surface area contributed by atoms with Gasteiger partial charge in [0.1, 0.15) is 0 Å². The molecular formula is C17H17N3O3. The first-order valence-corrected chi connectivity index (χ1v) is 7.14. The third kappa shape index (κ3) is 2.96. The van der Waals surface area contributed by atoms with E-state index < -0.39 is 0 Å². The molecule has 3 aromatic rings. The lowest BCUT2D eigenvalue weighted by Gasteiger charge is -2.08. The van der Waals surface area contributed by atoms with Gasteiger partial charge in [-0.15, -0.1) is 0 Å². The SMILES string of the molecule is COc1cc2[nH]cc(C(=O)NCc3ccccn3)c2cc1OC. The minimum Gasteiger partial charge on any atom is -0.493 e. The van der Waals surface area contributed by atoms with Crippen molar-refractivity contribution in [2.24, 2.45) is 0 Å². The second-order valence-corrected chi connectivity index (χ2v) is 4.96. The normalized spacial score (nSPS) is 10.5. The van der Waals surface area contributed by atoms with Crippen LogP contribution in [-0.4, -0.2) is 30.1 Å². The predicted octanol–water partition coefficient (Wildman–Crippen LogP) is 2.51. The zero-order valence-corrected chi connectivity index (χ0v) is 12.9. The Hall–Kier alpha value is -3.02. The van der Waals surface area contributed by atoms with Gasteiger partial charge in [0, 0.05) is 23.8 Å². The molecule has 23 heavy (non-hydrogen) atoms. The Morgan fingerprint density at radius 1 is 1.22 bits per heavy atom. The minimum absolute atomic E-state index is 0.172. The molecule has 0 radical (unpaired) electrons. The van der Waals surface area contributed by atoms with Gasteiger partial charge in [0.15, 0.2) is 11.5 Å². The first-order valence-electron chi connectivity index (χ1n) is 7.14. The zero-order chi connectivity index (χ0) is 16.2. The Morgan fingerprint density at radius 3 is 2.70 bits per heavy atom. The number of carbonyl (C=O) groups excluding carboxylic acids is 1. The first kappa shape index (κ1) is 14.9. The number of aromatic nitrogens is 2. The van der Waals surface area contributed by atoms with Gasteiger partial charge in [0.05, 0.1) is 37.5 Å². The third-order valence-electron chi connectivity index (χ3n) is 3.59. The summed E-state index contributed by atoms with van der Waals surface area (Å²) in [4.78, 5) is 19.7. The molecule has 6 heteroatoms. The summed E-state index contributed by atoms with van der Waals surface area (Å²) in [5.41, 5.74) is 2.17. The molecule has 118 valence electrons. The number of rotatable bonds is 5. The number of pyridine rings is 1. The van der Waals surface area contributed by atoms with Crippen LogP contribution in [0.25, 0.3) is 10.9 Å². The fourth-order valence-electron chi connectivity index (χ4n) is 2.41. The summed E-state index contributed by atoms with van der Waals surface area (Å²) in [5, 5.41) is 3.64. The predicted molar refractivity (Wildman–Crippen MR) is 86.8 cm³/mol. The maximum Gasteiger partial charge on any atom is 0.253 e. The molecule has 0 aliphatic heterocycles. The monoisotopic (exact) mass is 311 g/mol. The van der Waals surface area contributed by atoms with E-state index in [0.717, 1.165) is 16.6 Å². The van der Waals surface area contributed by atoms with Gasteiger partial charge in [-0.25, -0.2) is 0 Å². The largest absolute Gasteiger partial charge is 0.493 e. The third-order valence-corrected chi connectivity index (χ3v) is 3.59. The molecule has 0 atom stereocenters. The van der Waals surface area contributed by atoms with E-state index in [1.165, 1.54) is 0 Å². The number of amides is 1. The highest BCUT2D eigenvalue weighted by atomic mass is 16.5. The molecule has 1 aromatic carbocycles. The average molecular weight is 311 g/mol. The molecule has 2 aromatic heterocycles. The van der Waals surface area contributed by atoms with Gasteiger partial charge in [-0.2, -0.15) is 0 Å². The van der Waals surface area contributed by atoms with Crippen molar-refractivity contribution in [1.82, 2.24) is 15.3 Å². The van der Waals surface area contributed by atoms with Crippen LogP contribution in [0, 0.1) is 0 Å². The lowest BCUT2D eigenvalue weighted by atomic mass is 10.1. The highest BCUT2D eigenvalue weighted by Gasteiger charge is 2.15. The lowest BCUT2D eigenvalue weighted by molar-refractivity contribution is 0.0952. The molecule has 2 N–H and O–H groups in total. The van der Waals surface area contributed by atoms with E-state index in [1.54, 1.807) is 32.7 Å². The molecule has 0 saturated heterocycles. The van der Waals surface area contributed by atoms with Crippen molar-refractivity contribution < 1.29 is 14.3 Å². The number of benzene rings is 1. The van der Waals surface area contributed by atoms with Gasteiger partial charge in [-0.05, 0) is 18.2 Å². The number of ether oxygens (including phenoxy) is 2. The summed E-state index contributed by atoms with van der Waals surface area (Å²) in [7, 11) is 3.14. The number of nitrogens with zero attached hydrogens (tertiary/aromatic N) is 1. The smallest absolute Gasteiger partial charge is 0.253 e. The van der Waals surface area contributed by atoms with Crippen molar-refractivity contribution in [2.75, 3.05) is 14.2 Å². The van der Waals surface area contributed by atoms with E-state index >= 15 is 0 Å². The fourth-order valence-corrected chi connectivity index (χ4v) is 2.41. The molecule has 0 aliphatic rings. The molecule has 0 bridgehead atoms. The number of H-pyrrole nitrogens is 1. The summed E-state index contributed by atoms with van der Waals surface area (Å²) in [6.07, 6.45) is 3.38. The van der Waals surface area contributed by atoms with Crippen molar-refractivity contribution in [3.63, 3.8) is 0 Å². The number of aromatic amines is 1. The Morgan fingerprint density at radius 2 is 2.00 bits per heavy atom. The maximum atomic E-state index is 12.4. The van der Waals surface area contributed by atoms with Crippen LogP contribution in [-0.2, 0) is 6.54 Å². The van der Waals surface area contributed by atoms with Crippen LogP contribution in [0.15, 0.2) is 42.7 Å². The second kappa shape index (κ2) is 6.39. The second-order valence-electron chi connectivity index (χ2n) is 4.96. The maximum absolute atomic E-state index is 12.4. The molecule has 6 nitrogen and oxygen atoms in total. The van der Waals surface area contributed by atoms with Crippen LogP contribution >= 0.6 is 0 Å². The molecule has 0 unspecified atom stereocenters. The van der Waals surface area contributed by atoms with E-state index in [1.807, 2.05) is 24.3 Å². The van der Waals surface area contributed by atoms with Gasteiger partial charge in [-0.1, -0.05) is 6.07 Å². The molecule has 0 spiro atoms. The minimum atomic E-state index is -0.172. The molecule has 0 saturated carbocycles. The number of carbonyl (C=O) groups is 1. The van der Waals surface area contributed by atoms with E-state index in [2.05, 4.69) is 15.3 Å². The highest BCUT2D eigenvalue weighted by molar-refractivity contribution is 6.07. The van der Waals surface area contributed by atoms with Crippen LogP contribution in [0.5, 0.6) is 11.5 Å². The number of methoxy groups -OCH3 is 2. The number of hydrogen-bond acceptors (Lipinski definition) is 4. The first-order chi connectivity index (χ1) is 11.2. The van der Waals surface area contributed by atoms with Crippen molar-refractivity contribution >= 4 is 16.8 Å². The van der Waals surface area contributed by atoms with Crippen LogP contribution in [0.1, 0.15) is 16.1 Å². The average Bonchev–Trinajstić information content (AvgIpc) is 3.02. The molecule has 0 fully saturated rings. The Bertz CT molecular complexity index is 828. The molecule has 2 heterocycles. The summed E-state index contributed by atoms with van der Waals surface area (Å²) < 4.78 is 10.6. The standard InChI is InChI=1S/C17H17N3O3/c1-22-15-7-12-13(10-19-14(12)8-16(15)23-2)17(21)20-9-11-5-3-4-6-18-11/h3-8,10,19H,9H2,1-2H3,(H,20,21). The lowest BCUT2D eigenvalue weighted by Crippen LogP contribution is -2.22. The zero-order valence-electron chi connectivity index (χ0n) is 12.9. The summed E-state index contributed by atoms with van der Waals surface area (Å²) >= 11 is 0. The fraction of sp³-hybridized carbons (Fsp3) is 0.176. The van der Waals surface area contributed by atoms with E-state index in [9.17, 15) is 4.79 Å². The van der Waals surface area contributed by atoms with Gasteiger partial charge in [-0.3, -0.25) is 9.78 Å². The van der Waals surface area contributed by atoms with E-state index in [4.69, 9.17) is 9.47 Å². The van der Waals surface area contributed by atoms with Gasteiger partial charge >= 0.3 is 0 Å². The van der Waals surface area contributed by atoms with Crippen LogP contribution in [0.2, 0.25) is 0 Å². The highest BCUT2D eigenvalue weighted by Crippen LogP contribution is 2.33. The summed E-state index contributed by atoms with van der Waals surface area (Å²) in [6, 6.07) is 9.19. The van der Waals surface area contributed by atoms with Gasteiger partial charge in [0.25, 0.3) is 5.91 Å². The number of nitrogens with one attached hydrogen (secondary N) is 2. The topological polar surface area (TPSA) is 76.2 Å². The summed E-state index contributed by atoms with van der Waals surface area (Å²) in [5.74, 6) is 1.02. The van der Waals surface area contributed by atoms with Gasteiger partial charge < -0.3 is 19.8 Å². The van der Waals surface area contributed by atoms with Crippen LogP contribution in [0.4, 0.5) is 0 Å². The van der Waals surface area contributed by atoms with Crippen molar-refractivity contribution in [3.05, 3.63) is 54.0 Å². The molecule has 1 amide bonds. The summed E-state index contributed by atoms with van der Waals surface area (Å²) in [6.45, 7) is 0.375. The number of hydrogen-bond donors (Lipinski definition) is 2. The van der Waals surface area contributed by atoms with Crippen molar-refractivity contribution in [1.29, 1.82) is 0 Å². The number of fused-ring (bicyclic) bond motifs is 1. The molecular weight excluding hydrogens is 294 g/mol. The van der Waals surface area contributed by atoms with Gasteiger partial charge in [0.2, 0.25) is 0 Å². The van der Waals surface area contributed by atoms with Crippen LogP contribution < -0.4 is 14.8 Å². The molecule has 0 aliphatic carbocycles. The van der Waals surface area contributed by atoms with Crippen molar-refractivity contribution in [2.45, 2.75) is 6.54 Å². The van der Waals surface area contributed by atoms with E-state index in [-0.39, 0.29) is 5.91 Å². The Labute approximate surface area is 133 Å². The van der Waals surface area contributed by atoms with Crippen LogP contribution in [0.3, 0.4) is 0 Å².